The maximum atomic E-state index is 12.0. The van der Waals surface area contributed by atoms with Crippen molar-refractivity contribution in [2.75, 3.05) is 13.2 Å². The van der Waals surface area contributed by atoms with Gasteiger partial charge in [0.15, 0.2) is 11.5 Å². The van der Waals surface area contributed by atoms with E-state index in [1.807, 2.05) is 6.92 Å². The number of phenols is 2. The molecule has 8 heteroatoms. The fourth-order valence-electron chi connectivity index (χ4n) is 2.82. The Morgan fingerprint density at radius 1 is 1.14 bits per heavy atom. The van der Waals surface area contributed by atoms with Crippen molar-refractivity contribution >= 4 is 5.97 Å². The monoisotopic (exact) mass is 405 g/mol. The van der Waals surface area contributed by atoms with E-state index >= 15 is 0 Å². The molecule has 0 saturated carbocycles. The molecular weight excluding hydrogens is 378 g/mol. The van der Waals surface area contributed by atoms with Crippen molar-refractivity contribution < 1.29 is 34.7 Å². The van der Waals surface area contributed by atoms with Crippen LogP contribution in [0.5, 0.6) is 23.0 Å². The number of hydrogen-bond donors (Lipinski definition) is 5. The largest absolute Gasteiger partial charge is 0.508 e. The number of carbonyl (C=O) groups is 1. The minimum absolute atomic E-state index is 0.00589. The van der Waals surface area contributed by atoms with Crippen LogP contribution in [-0.2, 0) is 11.4 Å². The topological polar surface area (TPSA) is 128 Å². The van der Waals surface area contributed by atoms with Crippen LogP contribution < -0.4 is 14.8 Å². The van der Waals surface area contributed by atoms with Crippen LogP contribution >= 0.6 is 0 Å². The van der Waals surface area contributed by atoms with Gasteiger partial charge in [0.1, 0.15) is 11.5 Å². The first-order valence-corrected chi connectivity index (χ1v) is 9.43. The summed E-state index contributed by atoms with van der Waals surface area (Å²) in [5, 5.41) is 41.4. The first-order chi connectivity index (χ1) is 13.9. The van der Waals surface area contributed by atoms with Crippen molar-refractivity contribution in [3.05, 3.63) is 48.0 Å². The third-order valence-corrected chi connectivity index (χ3v) is 4.32. The molecule has 0 heterocycles. The number of aliphatic carboxylic acids is 1. The smallest absolute Gasteiger partial charge is 0.363 e. The second-order valence-electron chi connectivity index (χ2n) is 6.53. The van der Waals surface area contributed by atoms with E-state index in [0.717, 1.165) is 0 Å². The summed E-state index contributed by atoms with van der Waals surface area (Å²) in [6, 6.07) is 10.8. The van der Waals surface area contributed by atoms with Crippen LogP contribution in [0.3, 0.4) is 0 Å². The summed E-state index contributed by atoms with van der Waals surface area (Å²) < 4.78 is 11.3. The fourth-order valence-corrected chi connectivity index (χ4v) is 2.82. The summed E-state index contributed by atoms with van der Waals surface area (Å²) in [5.41, 5.74) is -1.31. The number of carboxylic acids is 1. The van der Waals surface area contributed by atoms with Crippen molar-refractivity contribution in [1.82, 2.24) is 5.32 Å². The fraction of sp³-hybridized carbons (Fsp3) is 0.381. The Bertz CT molecular complexity index is 811. The molecule has 0 aliphatic rings. The van der Waals surface area contributed by atoms with Crippen LogP contribution in [0.1, 0.15) is 31.7 Å². The van der Waals surface area contributed by atoms with Gasteiger partial charge in [0.2, 0.25) is 0 Å². The third-order valence-electron chi connectivity index (χ3n) is 4.32. The zero-order valence-electron chi connectivity index (χ0n) is 16.3. The summed E-state index contributed by atoms with van der Waals surface area (Å²) in [6.07, 6.45) is 1.24. The van der Waals surface area contributed by atoms with E-state index in [1.165, 1.54) is 18.2 Å². The Hall–Kier alpha value is -2.97. The van der Waals surface area contributed by atoms with Gasteiger partial charge in [-0.2, -0.15) is 0 Å². The lowest BCUT2D eigenvalue weighted by atomic mass is 10.1. The number of benzene rings is 2. The number of phenolic OH excluding ortho intramolecular Hbond substituents is 1. The maximum absolute atomic E-state index is 12.0. The number of aromatic hydroxyl groups is 2. The lowest BCUT2D eigenvalue weighted by Gasteiger charge is -2.31. The summed E-state index contributed by atoms with van der Waals surface area (Å²) >= 11 is 0. The second kappa shape index (κ2) is 10.5. The zero-order chi connectivity index (χ0) is 21.3. The van der Waals surface area contributed by atoms with Gasteiger partial charge in [-0.25, -0.2) is 4.79 Å². The van der Waals surface area contributed by atoms with Gasteiger partial charge in [-0.15, -0.1) is 0 Å². The molecule has 0 saturated heterocycles. The number of hydrogen-bond acceptors (Lipinski definition) is 7. The van der Waals surface area contributed by atoms with Crippen LogP contribution in [0.15, 0.2) is 42.5 Å². The van der Waals surface area contributed by atoms with Crippen LogP contribution in [-0.4, -0.2) is 45.3 Å². The van der Waals surface area contributed by atoms with Gasteiger partial charge in [-0.3, -0.25) is 5.32 Å². The predicted octanol–water partition coefficient (Wildman–Crippen LogP) is 2.61. The van der Waals surface area contributed by atoms with Gasteiger partial charge in [0.05, 0.1) is 13.2 Å². The van der Waals surface area contributed by atoms with E-state index in [-0.39, 0.29) is 30.3 Å². The van der Waals surface area contributed by atoms with Crippen molar-refractivity contribution in [3.63, 3.8) is 0 Å². The molecule has 2 rings (SSSR count). The van der Waals surface area contributed by atoms with E-state index in [0.29, 0.717) is 37.3 Å². The van der Waals surface area contributed by atoms with E-state index in [1.54, 1.807) is 24.3 Å². The third kappa shape index (κ3) is 6.00. The Morgan fingerprint density at radius 2 is 1.90 bits per heavy atom. The van der Waals surface area contributed by atoms with Gasteiger partial charge in [0, 0.05) is 18.5 Å². The molecule has 29 heavy (non-hydrogen) atoms. The molecule has 5 N–H and O–H groups in total. The highest BCUT2D eigenvalue weighted by Crippen LogP contribution is 2.30. The Labute approximate surface area is 169 Å². The highest BCUT2D eigenvalue weighted by atomic mass is 16.5. The first kappa shape index (κ1) is 22.3. The summed E-state index contributed by atoms with van der Waals surface area (Å²) in [4.78, 5) is 12.0. The molecule has 0 spiro atoms. The second-order valence-corrected chi connectivity index (χ2v) is 6.53. The van der Waals surface area contributed by atoms with Gasteiger partial charge in [-0.1, -0.05) is 25.5 Å². The minimum Gasteiger partial charge on any atom is -0.508 e. The number of para-hydroxylation sites is 2. The summed E-state index contributed by atoms with van der Waals surface area (Å²) in [6.45, 7) is 2.14. The maximum Gasteiger partial charge on any atom is 0.363 e. The molecular formula is C21H27NO7. The quantitative estimate of drug-likeness (QED) is 0.269. The van der Waals surface area contributed by atoms with Crippen molar-refractivity contribution in [1.29, 1.82) is 0 Å². The number of carboxylic acid groups (broad SMARTS) is 1. The van der Waals surface area contributed by atoms with Crippen LogP contribution in [0.25, 0.3) is 0 Å². The molecule has 0 fully saturated rings. The first-order valence-electron chi connectivity index (χ1n) is 9.43. The number of ether oxygens (including phenoxy) is 2. The normalized spacial score (nSPS) is 12.9. The molecule has 158 valence electrons. The number of rotatable bonds is 12. The molecule has 1 unspecified atom stereocenters. The van der Waals surface area contributed by atoms with Gasteiger partial charge in [0.25, 0.3) is 5.72 Å². The Kier molecular flexibility index (Phi) is 8.11. The molecule has 8 nitrogen and oxygen atoms in total. The number of aliphatic hydroxyl groups excluding tert-OH is 1. The van der Waals surface area contributed by atoms with Crippen molar-refractivity contribution in [3.8, 4) is 23.0 Å². The van der Waals surface area contributed by atoms with Crippen LogP contribution in [0, 0.1) is 0 Å². The molecule has 0 aromatic heterocycles. The molecule has 2 aromatic carbocycles. The van der Waals surface area contributed by atoms with E-state index < -0.39 is 11.7 Å². The predicted molar refractivity (Wildman–Crippen MR) is 106 cm³/mol. The molecule has 0 aliphatic heterocycles. The standard InChI is InChI=1S/C21H27NO7/c1-2-10-21(20(26)27,29-19-7-4-3-6-18(19)25)22-11-5-12-28-16-8-9-17(24)15(13-16)14-23/h3-4,6-9,13,22-25H,2,5,10-12,14H2,1H3,(H,26,27). The lowest BCUT2D eigenvalue weighted by Crippen LogP contribution is -2.57. The molecule has 2 aromatic rings. The van der Waals surface area contributed by atoms with Crippen LogP contribution in [0.2, 0.25) is 0 Å². The molecule has 1 atom stereocenters. The van der Waals surface area contributed by atoms with Gasteiger partial charge >= 0.3 is 5.97 Å². The minimum atomic E-state index is -1.67. The average molecular weight is 405 g/mol. The van der Waals surface area contributed by atoms with E-state index in [4.69, 9.17) is 9.47 Å². The molecule has 0 radical (unpaired) electrons. The van der Waals surface area contributed by atoms with Crippen LogP contribution in [0.4, 0.5) is 0 Å². The average Bonchev–Trinajstić information content (AvgIpc) is 2.70. The zero-order valence-corrected chi connectivity index (χ0v) is 16.3. The highest BCUT2D eigenvalue weighted by Gasteiger charge is 2.40. The van der Waals surface area contributed by atoms with Crippen molar-refractivity contribution in [2.24, 2.45) is 0 Å². The number of aliphatic hydroxyl groups is 1. The SMILES string of the molecule is CCCC(NCCCOc1ccc(O)c(CO)c1)(Oc1ccccc1O)C(=O)O. The molecule has 0 aliphatic carbocycles. The molecule has 0 amide bonds. The lowest BCUT2D eigenvalue weighted by molar-refractivity contribution is -0.159. The Morgan fingerprint density at radius 3 is 2.55 bits per heavy atom. The Balaban J connectivity index is 1.96. The van der Waals surface area contributed by atoms with Gasteiger partial charge < -0.3 is 29.9 Å². The van der Waals surface area contributed by atoms with E-state index in [2.05, 4.69) is 5.32 Å². The summed E-state index contributed by atoms with van der Waals surface area (Å²) in [7, 11) is 0. The molecule has 0 bridgehead atoms. The summed E-state index contributed by atoms with van der Waals surface area (Å²) in [5.74, 6) is -0.724. The van der Waals surface area contributed by atoms with E-state index in [9.17, 15) is 25.2 Å². The highest BCUT2D eigenvalue weighted by molar-refractivity contribution is 5.77. The van der Waals surface area contributed by atoms with Gasteiger partial charge in [-0.05, 0) is 36.8 Å². The number of nitrogens with one attached hydrogen (secondary N) is 1. The van der Waals surface area contributed by atoms with Crippen molar-refractivity contribution in [2.45, 2.75) is 38.5 Å².